The summed E-state index contributed by atoms with van der Waals surface area (Å²) >= 11 is 4.37. The van der Waals surface area contributed by atoms with E-state index in [-0.39, 0.29) is 29.6 Å². The zero-order valence-corrected chi connectivity index (χ0v) is 15.2. The van der Waals surface area contributed by atoms with E-state index in [1.54, 1.807) is 0 Å². The standard InChI is InChI=1S/C15H33BO3S/c1-7-13(15(16)18-8-12(6)20)14(19-11(4)5)9-17-10(2)3/h10-15,20H,7-9,16H2,1-6H3/t12?,13-,14-,15?/m1/s1. The maximum Gasteiger partial charge on any atom is 0.139 e. The summed E-state index contributed by atoms with van der Waals surface area (Å²) in [5.41, 5.74) is 0. The number of ether oxygens (including phenoxy) is 3. The van der Waals surface area contributed by atoms with E-state index in [4.69, 9.17) is 14.2 Å². The Balaban J connectivity index is 4.60. The first kappa shape index (κ1) is 20.3. The van der Waals surface area contributed by atoms with Crippen molar-refractivity contribution in [3.05, 3.63) is 0 Å². The summed E-state index contributed by atoms with van der Waals surface area (Å²) < 4.78 is 17.7. The van der Waals surface area contributed by atoms with Crippen LogP contribution in [0.2, 0.25) is 0 Å². The SMILES string of the molecule is BC(OCC(C)S)[C@H](CC)[C@@H](COC(C)C)OC(C)C. The minimum absolute atomic E-state index is 0.0765. The van der Waals surface area contributed by atoms with Gasteiger partial charge < -0.3 is 14.2 Å². The summed E-state index contributed by atoms with van der Waals surface area (Å²) in [5.74, 6) is 0.336. The van der Waals surface area contributed by atoms with E-state index in [2.05, 4.69) is 55.1 Å². The molecule has 4 atom stereocenters. The van der Waals surface area contributed by atoms with Gasteiger partial charge in [-0.15, -0.1) is 0 Å². The van der Waals surface area contributed by atoms with Crippen LogP contribution in [-0.2, 0) is 14.2 Å². The molecular formula is C15H33BO3S. The molecule has 5 heteroatoms. The summed E-state index contributed by atoms with van der Waals surface area (Å²) in [6.45, 7) is 13.7. The molecule has 0 radical (unpaired) electrons. The molecule has 20 heavy (non-hydrogen) atoms. The number of rotatable bonds is 11. The second-order valence-electron chi connectivity index (χ2n) is 6.06. The van der Waals surface area contributed by atoms with E-state index < -0.39 is 0 Å². The lowest BCUT2D eigenvalue weighted by molar-refractivity contribution is -0.105. The second kappa shape index (κ2) is 10.9. The Bertz CT molecular complexity index is 237. The van der Waals surface area contributed by atoms with Crippen LogP contribution in [0.1, 0.15) is 48.0 Å². The largest absolute Gasteiger partial charge is 0.386 e. The molecule has 0 aromatic rings. The lowest BCUT2D eigenvalue weighted by Gasteiger charge is -2.33. The number of hydrogen-bond acceptors (Lipinski definition) is 4. The first-order valence-corrected chi connectivity index (χ1v) is 8.36. The van der Waals surface area contributed by atoms with Crippen molar-refractivity contribution >= 4 is 20.5 Å². The summed E-state index contributed by atoms with van der Waals surface area (Å²) in [6.07, 6.45) is 1.51. The average Bonchev–Trinajstić information content (AvgIpc) is 2.33. The maximum absolute atomic E-state index is 6.06. The molecule has 0 bridgehead atoms. The monoisotopic (exact) mass is 304 g/mol. The van der Waals surface area contributed by atoms with Gasteiger partial charge in [-0.3, -0.25) is 0 Å². The van der Waals surface area contributed by atoms with Crippen LogP contribution in [0.5, 0.6) is 0 Å². The predicted octanol–water partition coefficient (Wildman–Crippen LogP) is 2.53. The maximum atomic E-state index is 6.06. The Labute approximate surface area is 131 Å². The highest BCUT2D eigenvalue weighted by molar-refractivity contribution is 7.80. The van der Waals surface area contributed by atoms with E-state index in [0.29, 0.717) is 19.1 Å². The molecule has 0 saturated heterocycles. The van der Waals surface area contributed by atoms with Gasteiger partial charge in [0.15, 0.2) is 0 Å². The van der Waals surface area contributed by atoms with Crippen LogP contribution in [0, 0.1) is 5.92 Å². The zero-order valence-electron chi connectivity index (χ0n) is 14.3. The van der Waals surface area contributed by atoms with Crippen LogP contribution >= 0.6 is 12.6 Å². The fourth-order valence-electron chi connectivity index (χ4n) is 2.21. The van der Waals surface area contributed by atoms with Gasteiger partial charge in [-0.25, -0.2) is 0 Å². The summed E-state index contributed by atoms with van der Waals surface area (Å²) in [6, 6.07) is 0.147. The number of thiol groups is 1. The minimum Gasteiger partial charge on any atom is -0.386 e. The van der Waals surface area contributed by atoms with Crippen molar-refractivity contribution in [2.24, 2.45) is 5.92 Å². The quantitative estimate of drug-likeness (QED) is 0.469. The molecule has 2 unspecified atom stereocenters. The Morgan fingerprint density at radius 3 is 1.95 bits per heavy atom. The molecule has 3 nitrogen and oxygen atoms in total. The van der Waals surface area contributed by atoms with Gasteiger partial charge in [0.2, 0.25) is 0 Å². The van der Waals surface area contributed by atoms with Gasteiger partial charge >= 0.3 is 0 Å². The van der Waals surface area contributed by atoms with Crippen molar-refractivity contribution in [1.82, 2.24) is 0 Å². The van der Waals surface area contributed by atoms with Gasteiger partial charge in [0.25, 0.3) is 0 Å². The Morgan fingerprint density at radius 1 is 0.950 bits per heavy atom. The summed E-state index contributed by atoms with van der Waals surface area (Å²) in [5, 5.41) is 0.256. The lowest BCUT2D eigenvalue weighted by atomic mass is 9.81. The minimum atomic E-state index is 0.0765. The van der Waals surface area contributed by atoms with Gasteiger partial charge in [-0.1, -0.05) is 13.8 Å². The smallest absolute Gasteiger partial charge is 0.139 e. The van der Waals surface area contributed by atoms with E-state index in [1.807, 2.05) is 6.92 Å². The first-order chi connectivity index (χ1) is 9.27. The molecule has 0 amide bonds. The van der Waals surface area contributed by atoms with Crippen LogP contribution in [0.25, 0.3) is 0 Å². The lowest BCUT2D eigenvalue weighted by Crippen LogP contribution is -2.40. The normalized spacial score (nSPS) is 18.2. The van der Waals surface area contributed by atoms with Crippen LogP contribution in [0.3, 0.4) is 0 Å². The van der Waals surface area contributed by atoms with Crippen molar-refractivity contribution in [3.8, 4) is 0 Å². The van der Waals surface area contributed by atoms with E-state index in [1.165, 1.54) is 0 Å². The predicted molar refractivity (Wildman–Crippen MR) is 91.6 cm³/mol. The van der Waals surface area contributed by atoms with Gasteiger partial charge in [-0.05, 0) is 34.1 Å². The number of hydrogen-bond donors (Lipinski definition) is 1. The Hall–Kier alpha value is 0.295. The highest BCUT2D eigenvalue weighted by Gasteiger charge is 2.28. The van der Waals surface area contributed by atoms with Crippen LogP contribution in [0.4, 0.5) is 0 Å². The third-order valence-corrected chi connectivity index (χ3v) is 3.34. The average molecular weight is 304 g/mol. The Morgan fingerprint density at radius 2 is 1.55 bits per heavy atom. The molecule has 120 valence electrons. The second-order valence-corrected chi connectivity index (χ2v) is 6.95. The molecule has 0 N–H and O–H groups in total. The van der Waals surface area contributed by atoms with Gasteiger partial charge in [0, 0.05) is 17.2 Å². The fourth-order valence-corrected chi connectivity index (χ4v) is 2.30. The van der Waals surface area contributed by atoms with E-state index >= 15 is 0 Å². The zero-order chi connectivity index (χ0) is 15.7. The van der Waals surface area contributed by atoms with E-state index in [0.717, 1.165) is 6.42 Å². The molecule has 0 aromatic carbocycles. The molecular weight excluding hydrogens is 271 g/mol. The van der Waals surface area contributed by atoms with Crippen LogP contribution < -0.4 is 0 Å². The molecule has 0 heterocycles. The Kier molecular flexibility index (Phi) is 11.1. The highest BCUT2D eigenvalue weighted by atomic mass is 32.1. The molecule has 0 aliphatic carbocycles. The molecule has 0 rings (SSSR count). The highest BCUT2D eigenvalue weighted by Crippen LogP contribution is 2.20. The summed E-state index contributed by atoms with van der Waals surface area (Å²) in [7, 11) is 2.12. The molecule has 0 fully saturated rings. The van der Waals surface area contributed by atoms with Gasteiger partial charge in [0.1, 0.15) is 7.85 Å². The van der Waals surface area contributed by atoms with Crippen molar-refractivity contribution in [2.45, 2.75) is 77.5 Å². The molecule has 0 aliphatic heterocycles. The van der Waals surface area contributed by atoms with Crippen LogP contribution in [0.15, 0.2) is 0 Å². The fraction of sp³-hybridized carbons (Fsp3) is 1.00. The first-order valence-electron chi connectivity index (χ1n) is 7.84. The van der Waals surface area contributed by atoms with Gasteiger partial charge in [-0.2, -0.15) is 12.6 Å². The van der Waals surface area contributed by atoms with Gasteiger partial charge in [0.05, 0.1) is 31.5 Å². The van der Waals surface area contributed by atoms with Crippen molar-refractivity contribution < 1.29 is 14.2 Å². The van der Waals surface area contributed by atoms with Crippen LogP contribution in [-0.4, -0.2) is 50.6 Å². The third-order valence-electron chi connectivity index (χ3n) is 3.19. The molecule has 0 aromatic heterocycles. The molecule has 0 spiro atoms. The topological polar surface area (TPSA) is 27.7 Å². The molecule has 0 aliphatic rings. The van der Waals surface area contributed by atoms with Crippen molar-refractivity contribution in [3.63, 3.8) is 0 Å². The summed E-state index contributed by atoms with van der Waals surface area (Å²) in [4.78, 5) is 0. The van der Waals surface area contributed by atoms with Crippen molar-refractivity contribution in [2.75, 3.05) is 13.2 Å². The van der Waals surface area contributed by atoms with Crippen molar-refractivity contribution in [1.29, 1.82) is 0 Å². The third kappa shape index (κ3) is 9.27. The van der Waals surface area contributed by atoms with E-state index in [9.17, 15) is 0 Å². The molecule has 0 saturated carbocycles.